The monoisotopic (exact) mass is 375 g/mol. The number of methoxy groups -OCH3 is 1. The number of rotatable bonds is 4. The van der Waals surface area contributed by atoms with Gasteiger partial charge in [0.1, 0.15) is 17.4 Å². The Bertz CT molecular complexity index is 864. The van der Waals surface area contributed by atoms with Crippen LogP contribution in [0.2, 0.25) is 0 Å². The highest BCUT2D eigenvalue weighted by molar-refractivity contribution is 5.98. The lowest BCUT2D eigenvalue weighted by molar-refractivity contribution is 0.0600. The van der Waals surface area contributed by atoms with Crippen molar-refractivity contribution in [3.05, 3.63) is 64.7 Å². The minimum atomic E-state index is -0.646. The first-order valence-corrected chi connectivity index (χ1v) is 8.52. The van der Waals surface area contributed by atoms with Crippen molar-refractivity contribution < 1.29 is 28.2 Å². The third-order valence-corrected chi connectivity index (χ3v) is 4.61. The average Bonchev–Trinajstić information content (AvgIpc) is 3.07. The van der Waals surface area contributed by atoms with Gasteiger partial charge in [-0.05, 0) is 54.7 Å². The van der Waals surface area contributed by atoms with Gasteiger partial charge in [-0.15, -0.1) is 0 Å². The molecule has 1 N–H and O–H groups in total. The van der Waals surface area contributed by atoms with E-state index in [0.717, 1.165) is 6.07 Å². The van der Waals surface area contributed by atoms with Crippen LogP contribution in [0.15, 0.2) is 36.4 Å². The van der Waals surface area contributed by atoms with Crippen LogP contribution in [0.1, 0.15) is 32.7 Å². The summed E-state index contributed by atoms with van der Waals surface area (Å²) in [5.74, 6) is -2.33. The molecule has 5 nitrogen and oxygen atoms in total. The van der Waals surface area contributed by atoms with Crippen LogP contribution >= 0.6 is 0 Å². The molecule has 2 aromatic carbocycles. The van der Waals surface area contributed by atoms with E-state index in [1.54, 1.807) is 4.90 Å². The van der Waals surface area contributed by atoms with Crippen LogP contribution in [0.25, 0.3) is 0 Å². The fourth-order valence-electron chi connectivity index (χ4n) is 3.40. The molecule has 1 amide bonds. The Hall–Kier alpha value is -2.96. The van der Waals surface area contributed by atoms with Gasteiger partial charge < -0.3 is 14.7 Å². The second kappa shape index (κ2) is 7.73. The van der Waals surface area contributed by atoms with E-state index in [1.165, 1.54) is 37.4 Å². The maximum Gasteiger partial charge on any atom is 0.338 e. The van der Waals surface area contributed by atoms with Gasteiger partial charge in [0.25, 0.3) is 5.91 Å². The standard InChI is InChI=1S/C20H19F2NO4/c1-27-20(26)15-7-14(8-18(24)9-15)19(25)23-3-2-12(11-23)4-13-5-16(21)10-17(22)6-13/h5-10,12,24H,2-4,11H2,1H3. The quantitative estimate of drug-likeness (QED) is 0.834. The van der Waals surface area contributed by atoms with Crippen LogP contribution < -0.4 is 0 Å². The topological polar surface area (TPSA) is 66.8 Å². The first kappa shape index (κ1) is 18.8. The molecular weight excluding hydrogens is 356 g/mol. The number of nitrogens with zero attached hydrogens (tertiary/aromatic N) is 1. The van der Waals surface area contributed by atoms with Gasteiger partial charge in [0, 0.05) is 24.7 Å². The number of aromatic hydroxyl groups is 1. The summed E-state index contributed by atoms with van der Waals surface area (Å²) in [6.07, 6.45) is 1.17. The maximum atomic E-state index is 13.3. The molecule has 0 spiro atoms. The number of amides is 1. The third-order valence-electron chi connectivity index (χ3n) is 4.61. The Kier molecular flexibility index (Phi) is 5.39. The van der Waals surface area contributed by atoms with Crippen molar-refractivity contribution in [1.29, 1.82) is 0 Å². The van der Waals surface area contributed by atoms with Gasteiger partial charge in [0.2, 0.25) is 0 Å². The van der Waals surface area contributed by atoms with Crippen LogP contribution in [0, 0.1) is 17.6 Å². The Labute approximate surface area is 155 Å². The number of esters is 1. The second-order valence-electron chi connectivity index (χ2n) is 6.65. The zero-order chi connectivity index (χ0) is 19.6. The minimum Gasteiger partial charge on any atom is -0.508 e. The van der Waals surface area contributed by atoms with Crippen molar-refractivity contribution in [2.24, 2.45) is 5.92 Å². The van der Waals surface area contributed by atoms with Crippen LogP contribution in [0.3, 0.4) is 0 Å². The number of likely N-dealkylation sites (tertiary alicyclic amines) is 1. The first-order chi connectivity index (χ1) is 12.9. The van der Waals surface area contributed by atoms with Crippen molar-refractivity contribution in [1.82, 2.24) is 4.90 Å². The summed E-state index contributed by atoms with van der Waals surface area (Å²) in [4.78, 5) is 26.0. The van der Waals surface area contributed by atoms with E-state index in [2.05, 4.69) is 4.74 Å². The minimum absolute atomic E-state index is 0.0764. The Balaban J connectivity index is 1.70. The van der Waals surface area contributed by atoms with Gasteiger partial charge >= 0.3 is 5.97 Å². The van der Waals surface area contributed by atoms with Crippen molar-refractivity contribution in [3.8, 4) is 5.75 Å². The highest BCUT2D eigenvalue weighted by Gasteiger charge is 2.28. The van der Waals surface area contributed by atoms with E-state index in [9.17, 15) is 23.5 Å². The van der Waals surface area contributed by atoms with E-state index in [-0.39, 0.29) is 28.7 Å². The lowest BCUT2D eigenvalue weighted by atomic mass is 9.98. The summed E-state index contributed by atoms with van der Waals surface area (Å²) >= 11 is 0. The summed E-state index contributed by atoms with van der Waals surface area (Å²) in [5, 5.41) is 9.78. The number of phenolic OH excluding ortho intramolecular Hbond substituents is 1. The van der Waals surface area contributed by atoms with Crippen molar-refractivity contribution in [2.45, 2.75) is 12.8 Å². The summed E-state index contributed by atoms with van der Waals surface area (Å²) in [6.45, 7) is 0.921. The number of halogens is 2. The zero-order valence-electron chi connectivity index (χ0n) is 14.7. The Morgan fingerprint density at radius 1 is 1.11 bits per heavy atom. The summed E-state index contributed by atoms with van der Waals surface area (Å²) < 4.78 is 31.3. The molecule has 0 radical (unpaired) electrons. The molecule has 142 valence electrons. The Morgan fingerprint density at radius 3 is 2.44 bits per heavy atom. The Morgan fingerprint density at radius 2 is 1.78 bits per heavy atom. The predicted octanol–water partition coefficient (Wildman–Crippen LogP) is 3.16. The largest absolute Gasteiger partial charge is 0.508 e. The van der Waals surface area contributed by atoms with E-state index in [1.807, 2.05) is 0 Å². The lowest BCUT2D eigenvalue weighted by Gasteiger charge is -2.17. The SMILES string of the molecule is COC(=O)c1cc(O)cc(C(=O)N2CCC(Cc3cc(F)cc(F)c3)C2)c1. The summed E-state index contributed by atoms with van der Waals surface area (Å²) in [6, 6.07) is 7.33. The zero-order valence-corrected chi connectivity index (χ0v) is 14.7. The lowest BCUT2D eigenvalue weighted by Crippen LogP contribution is -2.29. The van der Waals surface area contributed by atoms with Crippen molar-refractivity contribution >= 4 is 11.9 Å². The van der Waals surface area contributed by atoms with E-state index in [4.69, 9.17) is 0 Å². The molecule has 1 heterocycles. The number of hydrogen-bond acceptors (Lipinski definition) is 4. The fourth-order valence-corrected chi connectivity index (χ4v) is 3.40. The molecule has 1 atom stereocenters. The predicted molar refractivity (Wildman–Crippen MR) is 93.5 cm³/mol. The van der Waals surface area contributed by atoms with E-state index < -0.39 is 17.6 Å². The third kappa shape index (κ3) is 4.42. The van der Waals surface area contributed by atoms with Crippen molar-refractivity contribution in [3.63, 3.8) is 0 Å². The molecular formula is C20H19F2NO4. The normalized spacial score (nSPS) is 16.4. The number of benzene rings is 2. The maximum absolute atomic E-state index is 13.3. The fraction of sp³-hybridized carbons (Fsp3) is 0.300. The molecule has 1 aliphatic rings. The molecule has 2 aromatic rings. The molecule has 0 aromatic heterocycles. The van der Waals surface area contributed by atoms with Gasteiger partial charge in [-0.3, -0.25) is 4.79 Å². The number of carbonyl (C=O) groups excluding carboxylic acids is 2. The van der Waals surface area contributed by atoms with Gasteiger partial charge in [0.15, 0.2) is 0 Å². The number of hydrogen-bond donors (Lipinski definition) is 1. The highest BCUT2D eigenvalue weighted by Crippen LogP contribution is 2.25. The van der Waals surface area contributed by atoms with Crippen molar-refractivity contribution in [2.75, 3.05) is 20.2 Å². The van der Waals surface area contributed by atoms with Crippen LogP contribution in [0.5, 0.6) is 5.75 Å². The summed E-state index contributed by atoms with van der Waals surface area (Å²) in [5.41, 5.74) is 0.830. The molecule has 3 rings (SSSR count). The summed E-state index contributed by atoms with van der Waals surface area (Å²) in [7, 11) is 1.22. The van der Waals surface area contributed by atoms with Gasteiger partial charge in [-0.25, -0.2) is 13.6 Å². The molecule has 0 saturated carbocycles. The average molecular weight is 375 g/mol. The van der Waals surface area contributed by atoms with Gasteiger partial charge in [-0.2, -0.15) is 0 Å². The van der Waals surface area contributed by atoms with Crippen LogP contribution in [-0.4, -0.2) is 42.1 Å². The second-order valence-corrected chi connectivity index (χ2v) is 6.65. The molecule has 0 bridgehead atoms. The number of ether oxygens (including phenoxy) is 1. The molecule has 1 saturated heterocycles. The number of phenols is 1. The molecule has 7 heteroatoms. The van der Waals surface area contributed by atoms with E-state index >= 15 is 0 Å². The molecule has 1 aliphatic heterocycles. The molecule has 1 fully saturated rings. The smallest absolute Gasteiger partial charge is 0.338 e. The van der Waals surface area contributed by atoms with E-state index in [0.29, 0.717) is 31.5 Å². The van der Waals surface area contributed by atoms with Crippen LogP contribution in [-0.2, 0) is 11.2 Å². The van der Waals surface area contributed by atoms with Gasteiger partial charge in [0.05, 0.1) is 12.7 Å². The highest BCUT2D eigenvalue weighted by atomic mass is 19.1. The molecule has 0 aliphatic carbocycles. The van der Waals surface area contributed by atoms with Crippen LogP contribution in [0.4, 0.5) is 8.78 Å². The number of carbonyl (C=O) groups is 2. The van der Waals surface area contributed by atoms with Gasteiger partial charge in [-0.1, -0.05) is 0 Å². The molecule has 1 unspecified atom stereocenters. The molecule has 27 heavy (non-hydrogen) atoms. The first-order valence-electron chi connectivity index (χ1n) is 8.52.